The lowest BCUT2D eigenvalue weighted by Gasteiger charge is -2.27. The van der Waals surface area contributed by atoms with Crippen LogP contribution in [0.3, 0.4) is 0 Å². The fourth-order valence-corrected chi connectivity index (χ4v) is 5.55. The van der Waals surface area contributed by atoms with Crippen LogP contribution in [-0.2, 0) is 11.2 Å². The van der Waals surface area contributed by atoms with Gasteiger partial charge in [-0.15, -0.1) is 0 Å². The normalized spacial score (nSPS) is 15.5. The largest absolute Gasteiger partial charge is 0.454 e. The van der Waals surface area contributed by atoms with E-state index >= 15 is 0 Å². The first-order valence-electron chi connectivity index (χ1n) is 13.2. The smallest absolute Gasteiger partial charge is 0.256 e. The molecule has 3 aromatic carbocycles. The number of ether oxygens (including phenoxy) is 3. The molecular weight excluding hydrogens is 492 g/mol. The average molecular weight is 521 g/mol. The van der Waals surface area contributed by atoms with Gasteiger partial charge in [-0.25, -0.2) is 4.98 Å². The SMILES string of the molecule is O=C(c1cn(C(Cc2ccc3c(c2)OCO3)c2cnc[nH]2)cc1-c1cccc2ccccc12)N1CCOCC1. The van der Waals surface area contributed by atoms with Crippen molar-refractivity contribution >= 4 is 16.7 Å². The van der Waals surface area contributed by atoms with E-state index in [1.165, 1.54) is 0 Å². The summed E-state index contributed by atoms with van der Waals surface area (Å²) in [7, 11) is 0. The Hall–Kier alpha value is -4.56. The molecule has 0 aliphatic carbocycles. The van der Waals surface area contributed by atoms with E-state index in [0.717, 1.165) is 44.7 Å². The molecule has 196 valence electrons. The fourth-order valence-electron chi connectivity index (χ4n) is 5.55. The van der Waals surface area contributed by atoms with E-state index in [1.54, 1.807) is 6.33 Å². The van der Waals surface area contributed by atoms with E-state index in [0.29, 0.717) is 38.3 Å². The van der Waals surface area contributed by atoms with Crippen LogP contribution in [0, 0.1) is 0 Å². The molecule has 2 aliphatic rings. The standard InChI is InChI=1S/C31H28N4O4/c36-31(34-10-12-37-13-11-34)26-18-35(17-25(26)24-7-3-5-22-4-1-2-6-23(22)24)28(27-16-32-19-33-27)14-21-8-9-29-30(15-21)39-20-38-29/h1-9,15-19,28H,10-14,20H2,(H,32,33). The van der Waals surface area contributed by atoms with E-state index in [1.807, 2.05) is 41.6 Å². The van der Waals surface area contributed by atoms with Crippen molar-refractivity contribution < 1.29 is 19.0 Å². The van der Waals surface area contributed by atoms with Crippen molar-refractivity contribution in [3.63, 3.8) is 0 Å². The summed E-state index contributed by atoms with van der Waals surface area (Å²) in [6, 6.07) is 20.5. The summed E-state index contributed by atoms with van der Waals surface area (Å²) >= 11 is 0. The van der Waals surface area contributed by atoms with Crippen LogP contribution < -0.4 is 9.47 Å². The molecule has 0 saturated carbocycles. The van der Waals surface area contributed by atoms with Crippen LogP contribution in [0.2, 0.25) is 0 Å². The van der Waals surface area contributed by atoms with Gasteiger partial charge in [-0.3, -0.25) is 4.79 Å². The fraction of sp³-hybridized carbons (Fsp3) is 0.226. The van der Waals surface area contributed by atoms with Gasteiger partial charge in [0, 0.05) is 31.0 Å². The molecule has 8 nitrogen and oxygen atoms in total. The maximum atomic E-state index is 13.9. The molecule has 1 N–H and O–H groups in total. The molecule has 0 bridgehead atoms. The highest BCUT2D eigenvalue weighted by molar-refractivity contribution is 6.06. The molecule has 39 heavy (non-hydrogen) atoms. The van der Waals surface area contributed by atoms with Crippen LogP contribution >= 0.6 is 0 Å². The van der Waals surface area contributed by atoms with Gasteiger partial charge in [0.05, 0.1) is 43.0 Å². The Kier molecular flexibility index (Phi) is 6.01. The molecule has 8 heteroatoms. The Bertz CT molecular complexity index is 1630. The molecule has 4 heterocycles. The van der Waals surface area contributed by atoms with Crippen molar-refractivity contribution in [1.82, 2.24) is 19.4 Å². The topological polar surface area (TPSA) is 81.6 Å². The number of benzene rings is 3. The zero-order valence-electron chi connectivity index (χ0n) is 21.4. The van der Waals surface area contributed by atoms with Gasteiger partial charge in [0.2, 0.25) is 6.79 Å². The highest BCUT2D eigenvalue weighted by atomic mass is 16.7. The monoisotopic (exact) mass is 520 g/mol. The van der Waals surface area contributed by atoms with Crippen molar-refractivity contribution in [2.45, 2.75) is 12.5 Å². The molecule has 1 fully saturated rings. The van der Waals surface area contributed by atoms with Gasteiger partial charge in [0.1, 0.15) is 0 Å². The Morgan fingerprint density at radius 3 is 2.67 bits per heavy atom. The number of hydrogen-bond donors (Lipinski definition) is 1. The van der Waals surface area contributed by atoms with E-state index in [-0.39, 0.29) is 18.7 Å². The number of nitrogens with one attached hydrogen (secondary N) is 1. The molecule has 7 rings (SSSR count). The number of aromatic nitrogens is 3. The highest BCUT2D eigenvalue weighted by Gasteiger charge is 2.27. The number of rotatable bonds is 6. The van der Waals surface area contributed by atoms with Crippen molar-refractivity contribution in [1.29, 1.82) is 0 Å². The highest BCUT2D eigenvalue weighted by Crippen LogP contribution is 2.37. The third-order valence-corrected chi connectivity index (χ3v) is 7.56. The quantitative estimate of drug-likeness (QED) is 0.338. The van der Waals surface area contributed by atoms with Crippen LogP contribution in [-0.4, -0.2) is 58.4 Å². The molecule has 0 radical (unpaired) electrons. The summed E-state index contributed by atoms with van der Waals surface area (Å²) in [6.45, 7) is 2.51. The number of imidazole rings is 1. The summed E-state index contributed by atoms with van der Waals surface area (Å²) < 4.78 is 18.8. The first-order chi connectivity index (χ1) is 19.2. The summed E-state index contributed by atoms with van der Waals surface area (Å²) in [5.74, 6) is 1.53. The van der Waals surface area contributed by atoms with Gasteiger partial charge in [0.15, 0.2) is 11.5 Å². The third-order valence-electron chi connectivity index (χ3n) is 7.56. The number of carbonyl (C=O) groups excluding carboxylic acids is 1. The number of morpholine rings is 1. The van der Waals surface area contributed by atoms with Gasteiger partial charge in [-0.2, -0.15) is 0 Å². The number of nitrogens with zero attached hydrogens (tertiary/aromatic N) is 3. The number of carbonyl (C=O) groups is 1. The van der Waals surface area contributed by atoms with E-state index in [4.69, 9.17) is 14.2 Å². The minimum absolute atomic E-state index is 0.0198. The van der Waals surface area contributed by atoms with Gasteiger partial charge in [-0.05, 0) is 40.5 Å². The van der Waals surface area contributed by atoms with Crippen LogP contribution in [0.25, 0.3) is 21.9 Å². The lowest BCUT2D eigenvalue weighted by atomic mass is 9.97. The van der Waals surface area contributed by atoms with E-state index in [2.05, 4.69) is 57.1 Å². The lowest BCUT2D eigenvalue weighted by molar-refractivity contribution is 0.0303. The van der Waals surface area contributed by atoms with Crippen molar-refractivity contribution in [3.05, 3.63) is 102 Å². The minimum Gasteiger partial charge on any atom is -0.454 e. The van der Waals surface area contributed by atoms with Crippen LogP contribution in [0.1, 0.15) is 27.7 Å². The number of aromatic amines is 1. The third kappa shape index (κ3) is 4.42. The Morgan fingerprint density at radius 1 is 0.949 bits per heavy atom. The number of H-pyrrole nitrogens is 1. The second-order valence-electron chi connectivity index (χ2n) is 9.88. The molecule has 1 saturated heterocycles. The van der Waals surface area contributed by atoms with E-state index < -0.39 is 0 Å². The zero-order chi connectivity index (χ0) is 26.2. The number of hydrogen-bond acceptors (Lipinski definition) is 5. The van der Waals surface area contributed by atoms with Gasteiger partial charge >= 0.3 is 0 Å². The van der Waals surface area contributed by atoms with Crippen LogP contribution in [0.5, 0.6) is 11.5 Å². The maximum absolute atomic E-state index is 13.9. The molecule has 2 aromatic heterocycles. The van der Waals surface area contributed by atoms with Crippen molar-refractivity contribution in [2.75, 3.05) is 33.1 Å². The number of amides is 1. The van der Waals surface area contributed by atoms with Gasteiger partial charge in [-0.1, -0.05) is 48.5 Å². The second-order valence-corrected chi connectivity index (χ2v) is 9.88. The number of fused-ring (bicyclic) bond motifs is 2. The average Bonchev–Trinajstić information content (AvgIpc) is 3.77. The van der Waals surface area contributed by atoms with Gasteiger partial charge in [0.25, 0.3) is 5.91 Å². The Labute approximate surface area is 225 Å². The van der Waals surface area contributed by atoms with Crippen LogP contribution in [0.15, 0.2) is 85.6 Å². The first-order valence-corrected chi connectivity index (χ1v) is 13.2. The molecule has 1 unspecified atom stereocenters. The molecule has 1 amide bonds. The second kappa shape index (κ2) is 9.96. The lowest BCUT2D eigenvalue weighted by Crippen LogP contribution is -2.40. The Balaban J connectivity index is 1.35. The zero-order valence-corrected chi connectivity index (χ0v) is 21.4. The van der Waals surface area contributed by atoms with Gasteiger partial charge < -0.3 is 28.7 Å². The summed E-state index contributed by atoms with van der Waals surface area (Å²) in [4.78, 5) is 23.4. The molecule has 0 spiro atoms. The van der Waals surface area contributed by atoms with E-state index in [9.17, 15) is 4.79 Å². The summed E-state index contributed by atoms with van der Waals surface area (Å²) in [5, 5.41) is 2.25. The summed E-state index contributed by atoms with van der Waals surface area (Å²) in [6.07, 6.45) is 8.31. The predicted octanol–water partition coefficient (Wildman–Crippen LogP) is 5.06. The molecule has 1 atom stereocenters. The minimum atomic E-state index is -0.118. The summed E-state index contributed by atoms with van der Waals surface area (Å²) in [5.41, 5.74) is 4.69. The first kappa shape index (κ1) is 23.5. The molecule has 2 aliphatic heterocycles. The molecular formula is C31H28N4O4. The Morgan fingerprint density at radius 2 is 1.79 bits per heavy atom. The predicted molar refractivity (Wildman–Crippen MR) is 147 cm³/mol. The van der Waals surface area contributed by atoms with Crippen LogP contribution in [0.4, 0.5) is 0 Å². The maximum Gasteiger partial charge on any atom is 0.256 e. The molecule has 5 aromatic rings. The van der Waals surface area contributed by atoms with Crippen molar-refractivity contribution in [2.24, 2.45) is 0 Å². The van der Waals surface area contributed by atoms with Crippen molar-refractivity contribution in [3.8, 4) is 22.6 Å².